The first kappa shape index (κ1) is 24.8. The molecule has 0 aromatic heterocycles. The minimum Gasteiger partial charge on any atom is -0.481 e. The van der Waals surface area contributed by atoms with Crippen molar-refractivity contribution >= 4 is 18.0 Å². The van der Waals surface area contributed by atoms with E-state index >= 15 is 0 Å². The molecule has 4 rings (SSSR count). The van der Waals surface area contributed by atoms with Gasteiger partial charge in [-0.2, -0.15) is 0 Å². The van der Waals surface area contributed by atoms with Crippen LogP contribution in [0.2, 0.25) is 0 Å². The lowest BCUT2D eigenvalue weighted by molar-refractivity contribution is -0.137. The Hall–Kier alpha value is -3.35. The topological polar surface area (TPSA) is 95.9 Å². The molecule has 7 nitrogen and oxygen atoms in total. The van der Waals surface area contributed by atoms with Crippen LogP contribution < -0.4 is 5.32 Å². The summed E-state index contributed by atoms with van der Waals surface area (Å²) in [6.07, 6.45) is 3.14. The van der Waals surface area contributed by atoms with Crippen LogP contribution in [0.3, 0.4) is 0 Å². The largest absolute Gasteiger partial charge is 0.481 e. The average Bonchev–Trinajstić information content (AvgIpc) is 3.19. The number of piperidine rings is 1. The van der Waals surface area contributed by atoms with E-state index in [-0.39, 0.29) is 30.8 Å². The summed E-state index contributed by atoms with van der Waals surface area (Å²) in [5.41, 5.74) is 4.62. The van der Waals surface area contributed by atoms with Crippen molar-refractivity contribution in [3.63, 3.8) is 0 Å². The zero-order valence-electron chi connectivity index (χ0n) is 20.2. The predicted molar refractivity (Wildman–Crippen MR) is 133 cm³/mol. The molecule has 2 amide bonds. The van der Waals surface area contributed by atoms with E-state index in [1.165, 1.54) is 11.1 Å². The van der Waals surface area contributed by atoms with Gasteiger partial charge < -0.3 is 20.1 Å². The number of carboxylic acids is 1. The molecule has 1 unspecified atom stereocenters. The number of carbonyl (C=O) groups excluding carboxylic acids is 2. The first-order valence-corrected chi connectivity index (χ1v) is 12.6. The van der Waals surface area contributed by atoms with Gasteiger partial charge in [-0.05, 0) is 53.9 Å². The van der Waals surface area contributed by atoms with Gasteiger partial charge in [0.25, 0.3) is 0 Å². The monoisotopic (exact) mass is 478 g/mol. The van der Waals surface area contributed by atoms with E-state index in [4.69, 9.17) is 9.84 Å². The molecule has 1 aliphatic carbocycles. The van der Waals surface area contributed by atoms with Gasteiger partial charge in [0.1, 0.15) is 12.6 Å². The highest BCUT2D eigenvalue weighted by atomic mass is 16.5. The normalized spacial score (nSPS) is 17.9. The highest BCUT2D eigenvalue weighted by Crippen LogP contribution is 2.44. The number of carboxylic acid groups (broad SMARTS) is 1. The number of hydrogen-bond acceptors (Lipinski definition) is 4. The molecule has 35 heavy (non-hydrogen) atoms. The van der Waals surface area contributed by atoms with Crippen molar-refractivity contribution in [1.29, 1.82) is 0 Å². The van der Waals surface area contributed by atoms with E-state index in [2.05, 4.69) is 29.6 Å². The van der Waals surface area contributed by atoms with E-state index < -0.39 is 18.1 Å². The third kappa shape index (κ3) is 5.84. The summed E-state index contributed by atoms with van der Waals surface area (Å²) in [5.74, 6) is -0.777. The summed E-state index contributed by atoms with van der Waals surface area (Å²) in [7, 11) is 0. The van der Waals surface area contributed by atoms with Crippen LogP contribution in [0.4, 0.5) is 4.79 Å². The quantitative estimate of drug-likeness (QED) is 0.540. The summed E-state index contributed by atoms with van der Waals surface area (Å²) in [6.45, 7) is 3.35. The fourth-order valence-electron chi connectivity index (χ4n) is 5.38. The summed E-state index contributed by atoms with van der Waals surface area (Å²) in [4.78, 5) is 38.7. The van der Waals surface area contributed by atoms with E-state index in [1.54, 1.807) is 4.90 Å². The number of alkyl carbamates (subject to hydrolysis) is 1. The van der Waals surface area contributed by atoms with E-state index in [0.717, 1.165) is 30.4 Å². The fourth-order valence-corrected chi connectivity index (χ4v) is 5.38. The number of hydrogen-bond donors (Lipinski definition) is 2. The highest BCUT2D eigenvalue weighted by molar-refractivity contribution is 5.86. The second-order valence-electron chi connectivity index (χ2n) is 9.54. The second kappa shape index (κ2) is 11.4. The van der Waals surface area contributed by atoms with Gasteiger partial charge in [-0.1, -0.05) is 61.9 Å². The number of nitrogens with one attached hydrogen (secondary N) is 1. The molecule has 1 fully saturated rings. The molecule has 0 bridgehead atoms. The van der Waals surface area contributed by atoms with Crippen LogP contribution >= 0.6 is 0 Å². The Morgan fingerprint density at radius 3 is 2.37 bits per heavy atom. The molecule has 1 aliphatic heterocycles. The molecule has 2 N–H and O–H groups in total. The molecular formula is C28H34N2O5. The van der Waals surface area contributed by atoms with Crippen LogP contribution in [0.15, 0.2) is 48.5 Å². The van der Waals surface area contributed by atoms with Crippen LogP contribution in [0.5, 0.6) is 0 Å². The second-order valence-corrected chi connectivity index (χ2v) is 9.54. The van der Waals surface area contributed by atoms with Gasteiger partial charge in [0.2, 0.25) is 5.91 Å². The number of nitrogens with zero attached hydrogens (tertiary/aromatic N) is 1. The summed E-state index contributed by atoms with van der Waals surface area (Å²) >= 11 is 0. The first-order chi connectivity index (χ1) is 17.0. The lowest BCUT2D eigenvalue weighted by atomic mass is 9.93. The van der Waals surface area contributed by atoms with Crippen LogP contribution in [-0.2, 0) is 14.3 Å². The Morgan fingerprint density at radius 1 is 1.09 bits per heavy atom. The van der Waals surface area contributed by atoms with Gasteiger partial charge in [0.15, 0.2) is 0 Å². The Kier molecular flexibility index (Phi) is 8.06. The van der Waals surface area contributed by atoms with Crippen molar-refractivity contribution in [1.82, 2.24) is 10.2 Å². The van der Waals surface area contributed by atoms with Crippen molar-refractivity contribution in [2.75, 3.05) is 19.7 Å². The number of ether oxygens (including phenoxy) is 1. The predicted octanol–water partition coefficient (Wildman–Crippen LogP) is 4.80. The third-order valence-electron chi connectivity index (χ3n) is 7.11. The van der Waals surface area contributed by atoms with Crippen LogP contribution in [0.1, 0.15) is 62.5 Å². The molecule has 0 radical (unpaired) electrons. The fraction of sp³-hybridized carbons (Fsp3) is 0.464. The van der Waals surface area contributed by atoms with Gasteiger partial charge >= 0.3 is 12.1 Å². The van der Waals surface area contributed by atoms with Gasteiger partial charge in [0.05, 0.1) is 0 Å². The Labute approximate surface area is 206 Å². The van der Waals surface area contributed by atoms with Crippen molar-refractivity contribution in [3.8, 4) is 11.1 Å². The van der Waals surface area contributed by atoms with E-state index in [0.29, 0.717) is 25.9 Å². The van der Waals surface area contributed by atoms with Gasteiger partial charge in [-0.3, -0.25) is 9.59 Å². The molecule has 186 valence electrons. The number of likely N-dealkylation sites (tertiary alicyclic amines) is 1. The lowest BCUT2D eigenvalue weighted by Crippen LogP contribution is -2.51. The molecule has 2 atom stereocenters. The molecule has 2 aromatic rings. The van der Waals surface area contributed by atoms with E-state index in [1.807, 2.05) is 31.2 Å². The number of benzene rings is 2. The Balaban J connectivity index is 1.36. The third-order valence-corrected chi connectivity index (χ3v) is 7.11. The van der Waals surface area contributed by atoms with Gasteiger partial charge in [0, 0.05) is 25.4 Å². The number of fused-ring (bicyclic) bond motifs is 3. The van der Waals surface area contributed by atoms with Gasteiger partial charge in [-0.15, -0.1) is 0 Å². The molecule has 0 saturated carbocycles. The number of carbonyl (C=O) groups is 3. The minimum atomic E-state index is -0.811. The van der Waals surface area contributed by atoms with Crippen molar-refractivity contribution in [2.24, 2.45) is 5.92 Å². The van der Waals surface area contributed by atoms with Crippen LogP contribution in [-0.4, -0.2) is 53.7 Å². The average molecular weight is 479 g/mol. The standard InChI is InChI=1S/C28H34N2O5/c1-2-8-25(27(33)30-16-7-9-19(17-30)14-15-26(31)32)29-28(34)35-18-24-22-12-5-3-10-20(22)21-11-4-6-13-23(21)24/h3-6,10-13,19,24-25H,2,7-9,14-18H2,1H3,(H,29,34)(H,31,32)/t19?,25-/m1/s1. The zero-order valence-corrected chi connectivity index (χ0v) is 20.2. The molecular weight excluding hydrogens is 444 g/mol. The summed E-state index contributed by atoms with van der Waals surface area (Å²) in [6, 6.07) is 15.7. The molecule has 2 aromatic carbocycles. The van der Waals surface area contributed by atoms with Crippen molar-refractivity contribution < 1.29 is 24.2 Å². The molecule has 2 aliphatic rings. The SMILES string of the molecule is CCC[C@@H](NC(=O)OCC1c2ccccc2-c2ccccc21)C(=O)N1CCCC(CCC(=O)O)C1. The van der Waals surface area contributed by atoms with Crippen molar-refractivity contribution in [3.05, 3.63) is 59.7 Å². The number of amides is 2. The minimum absolute atomic E-state index is 0.0365. The molecule has 7 heteroatoms. The zero-order chi connectivity index (χ0) is 24.8. The molecule has 1 heterocycles. The summed E-state index contributed by atoms with van der Waals surface area (Å²) in [5, 5.41) is 11.8. The maximum absolute atomic E-state index is 13.2. The number of rotatable bonds is 9. The first-order valence-electron chi connectivity index (χ1n) is 12.6. The molecule has 0 spiro atoms. The van der Waals surface area contributed by atoms with Crippen LogP contribution in [0, 0.1) is 5.92 Å². The maximum atomic E-state index is 13.2. The highest BCUT2D eigenvalue weighted by Gasteiger charge is 2.32. The van der Waals surface area contributed by atoms with Crippen molar-refractivity contribution in [2.45, 2.75) is 57.4 Å². The van der Waals surface area contributed by atoms with E-state index in [9.17, 15) is 14.4 Å². The smallest absolute Gasteiger partial charge is 0.407 e. The Bertz CT molecular complexity index is 1020. The number of aliphatic carboxylic acids is 1. The lowest BCUT2D eigenvalue weighted by Gasteiger charge is -2.35. The van der Waals surface area contributed by atoms with Crippen LogP contribution in [0.25, 0.3) is 11.1 Å². The summed E-state index contributed by atoms with van der Waals surface area (Å²) < 4.78 is 5.65. The molecule has 1 saturated heterocycles. The maximum Gasteiger partial charge on any atom is 0.407 e. The van der Waals surface area contributed by atoms with Gasteiger partial charge in [-0.25, -0.2) is 4.79 Å². The Morgan fingerprint density at radius 2 is 1.74 bits per heavy atom.